The molecule has 0 amide bonds. The lowest BCUT2D eigenvalue weighted by Crippen LogP contribution is -2.11. The number of thiophene rings is 1. The number of hydrogen-bond donors (Lipinski definition) is 0. The van der Waals surface area contributed by atoms with Crippen LogP contribution in [0.5, 0.6) is 0 Å². The van der Waals surface area contributed by atoms with E-state index in [4.69, 9.17) is 16.9 Å². The molecular formula is C11H12ClNOS. The molecular weight excluding hydrogens is 230 g/mol. The molecule has 1 aromatic heterocycles. The first-order valence-electron chi connectivity index (χ1n) is 4.79. The summed E-state index contributed by atoms with van der Waals surface area (Å²) in [5.41, 5.74) is 0.901. The van der Waals surface area contributed by atoms with Crippen LogP contribution >= 0.6 is 22.9 Å². The molecule has 1 rings (SSSR count). The Morgan fingerprint density at radius 1 is 1.73 bits per heavy atom. The van der Waals surface area contributed by atoms with Crippen LogP contribution in [-0.2, 0) is 0 Å². The van der Waals surface area contributed by atoms with Gasteiger partial charge in [0.2, 0.25) is 0 Å². The largest absolute Gasteiger partial charge is 0.292 e. The predicted molar refractivity (Wildman–Crippen MR) is 62.4 cm³/mol. The summed E-state index contributed by atoms with van der Waals surface area (Å²) >= 11 is 7.31. The van der Waals surface area contributed by atoms with E-state index >= 15 is 0 Å². The van der Waals surface area contributed by atoms with E-state index in [2.05, 4.69) is 0 Å². The second-order valence-corrected chi connectivity index (χ2v) is 4.65. The zero-order valence-corrected chi connectivity index (χ0v) is 10.3. The van der Waals surface area contributed by atoms with Crippen molar-refractivity contribution in [1.29, 1.82) is 5.26 Å². The van der Waals surface area contributed by atoms with Crippen LogP contribution in [0, 0.1) is 24.2 Å². The van der Waals surface area contributed by atoms with Crippen molar-refractivity contribution in [1.82, 2.24) is 0 Å². The number of nitrogens with zero attached hydrogens (tertiary/aromatic N) is 1. The van der Waals surface area contributed by atoms with Gasteiger partial charge < -0.3 is 0 Å². The quantitative estimate of drug-likeness (QED) is 0.752. The highest BCUT2D eigenvalue weighted by Crippen LogP contribution is 2.30. The van der Waals surface area contributed by atoms with E-state index in [1.807, 2.05) is 25.3 Å². The molecule has 1 heterocycles. The Hall–Kier alpha value is -0.850. The molecule has 15 heavy (non-hydrogen) atoms. The number of carbonyl (C=O) groups is 1. The monoisotopic (exact) mass is 241 g/mol. The van der Waals surface area contributed by atoms with Gasteiger partial charge in [-0.25, -0.2) is 0 Å². The highest BCUT2D eigenvalue weighted by molar-refractivity contribution is 7.13. The van der Waals surface area contributed by atoms with Gasteiger partial charge in [-0.3, -0.25) is 4.79 Å². The number of Topliss-reactive ketones (excluding diaryl/α,β-unsaturated/α-hetero) is 1. The molecule has 0 aliphatic heterocycles. The molecule has 1 atom stereocenters. The third-order valence-electron chi connectivity index (χ3n) is 2.17. The number of rotatable bonds is 4. The Labute approximate surface area is 98.5 Å². The van der Waals surface area contributed by atoms with Crippen LogP contribution in [0.1, 0.15) is 35.0 Å². The number of nitriles is 1. The molecule has 4 heteroatoms. The van der Waals surface area contributed by atoms with Gasteiger partial charge in [-0.2, -0.15) is 5.26 Å². The zero-order valence-electron chi connectivity index (χ0n) is 8.71. The molecule has 1 aromatic rings. The Kier molecular flexibility index (Phi) is 4.31. The molecule has 1 unspecified atom stereocenters. The van der Waals surface area contributed by atoms with Crippen molar-refractivity contribution in [2.75, 3.05) is 0 Å². The number of aryl methyl sites for hydroxylation is 1. The molecule has 0 N–H and O–H groups in total. The van der Waals surface area contributed by atoms with Crippen molar-refractivity contribution in [2.45, 2.75) is 26.7 Å². The van der Waals surface area contributed by atoms with Gasteiger partial charge in [0.15, 0.2) is 5.78 Å². The molecule has 0 aliphatic rings. The first kappa shape index (κ1) is 12.2. The van der Waals surface area contributed by atoms with Crippen molar-refractivity contribution < 1.29 is 4.79 Å². The summed E-state index contributed by atoms with van der Waals surface area (Å²) in [7, 11) is 0. The fourth-order valence-electron chi connectivity index (χ4n) is 1.30. The average molecular weight is 242 g/mol. The fourth-order valence-corrected chi connectivity index (χ4v) is 2.58. The standard InChI is InChI=1S/C11H12ClNOS/c1-3-4-8(5-13)10(14)11-9(12)7(2)6-15-11/h6,8H,3-4H2,1-2H3. The van der Waals surface area contributed by atoms with E-state index in [0.717, 1.165) is 12.0 Å². The maximum Gasteiger partial charge on any atom is 0.191 e. The van der Waals surface area contributed by atoms with Crippen LogP contribution in [0.4, 0.5) is 0 Å². The van der Waals surface area contributed by atoms with E-state index in [0.29, 0.717) is 16.3 Å². The minimum absolute atomic E-state index is 0.137. The van der Waals surface area contributed by atoms with Crippen LogP contribution in [0.25, 0.3) is 0 Å². The van der Waals surface area contributed by atoms with Gasteiger partial charge in [-0.15, -0.1) is 11.3 Å². The molecule has 0 saturated carbocycles. The highest BCUT2D eigenvalue weighted by Gasteiger charge is 2.23. The number of carbonyl (C=O) groups excluding carboxylic acids is 1. The second kappa shape index (κ2) is 5.29. The molecule has 0 aromatic carbocycles. The summed E-state index contributed by atoms with van der Waals surface area (Å²) in [6, 6.07) is 2.04. The minimum Gasteiger partial charge on any atom is -0.292 e. The van der Waals surface area contributed by atoms with Gasteiger partial charge in [0.05, 0.1) is 16.0 Å². The molecule has 0 spiro atoms. The highest BCUT2D eigenvalue weighted by atomic mass is 35.5. The van der Waals surface area contributed by atoms with Crippen molar-refractivity contribution in [2.24, 2.45) is 5.92 Å². The molecule has 0 bridgehead atoms. The van der Waals surface area contributed by atoms with Crippen LogP contribution in [0.2, 0.25) is 5.02 Å². The maximum absolute atomic E-state index is 11.9. The lowest BCUT2D eigenvalue weighted by Gasteiger charge is -2.04. The van der Waals surface area contributed by atoms with E-state index in [-0.39, 0.29) is 5.78 Å². The lowest BCUT2D eigenvalue weighted by molar-refractivity contribution is 0.0948. The summed E-state index contributed by atoms with van der Waals surface area (Å²) in [6.45, 7) is 3.82. The van der Waals surface area contributed by atoms with E-state index in [9.17, 15) is 4.79 Å². The topological polar surface area (TPSA) is 40.9 Å². The van der Waals surface area contributed by atoms with Gasteiger partial charge in [-0.05, 0) is 24.3 Å². The van der Waals surface area contributed by atoms with Crippen LogP contribution in [0.15, 0.2) is 5.38 Å². The van der Waals surface area contributed by atoms with E-state index < -0.39 is 5.92 Å². The molecule has 0 saturated heterocycles. The zero-order chi connectivity index (χ0) is 11.4. The van der Waals surface area contributed by atoms with Crippen LogP contribution < -0.4 is 0 Å². The predicted octanol–water partition coefficient (Wildman–Crippen LogP) is 3.83. The summed E-state index contributed by atoms with van der Waals surface area (Å²) in [5, 5.41) is 11.2. The Bertz CT molecular complexity index is 405. The van der Waals surface area contributed by atoms with Crippen molar-refractivity contribution in [3.8, 4) is 6.07 Å². The van der Waals surface area contributed by atoms with Gasteiger partial charge in [0.1, 0.15) is 5.92 Å². The summed E-state index contributed by atoms with van der Waals surface area (Å²) in [4.78, 5) is 12.4. The van der Waals surface area contributed by atoms with E-state index in [1.54, 1.807) is 0 Å². The average Bonchev–Trinajstić information content (AvgIpc) is 2.55. The summed E-state index contributed by atoms with van der Waals surface area (Å²) < 4.78 is 0. The SMILES string of the molecule is CCCC(C#N)C(=O)c1scc(C)c1Cl. The van der Waals surface area contributed by atoms with Crippen LogP contribution in [0.3, 0.4) is 0 Å². The first-order chi connectivity index (χ1) is 7.11. The molecule has 2 nitrogen and oxygen atoms in total. The number of hydrogen-bond acceptors (Lipinski definition) is 3. The Morgan fingerprint density at radius 2 is 2.40 bits per heavy atom. The molecule has 0 aliphatic carbocycles. The fraction of sp³-hybridized carbons (Fsp3) is 0.455. The molecule has 0 fully saturated rings. The Morgan fingerprint density at radius 3 is 2.80 bits per heavy atom. The van der Waals surface area contributed by atoms with Gasteiger partial charge >= 0.3 is 0 Å². The van der Waals surface area contributed by atoms with Crippen LogP contribution in [-0.4, -0.2) is 5.78 Å². The summed E-state index contributed by atoms with van der Waals surface area (Å²) in [6.07, 6.45) is 1.43. The van der Waals surface area contributed by atoms with E-state index in [1.165, 1.54) is 11.3 Å². The smallest absolute Gasteiger partial charge is 0.191 e. The maximum atomic E-state index is 11.9. The number of ketones is 1. The third kappa shape index (κ3) is 2.58. The van der Waals surface area contributed by atoms with Gasteiger partial charge in [-0.1, -0.05) is 24.9 Å². The molecule has 0 radical (unpaired) electrons. The summed E-state index contributed by atoms with van der Waals surface area (Å²) in [5.74, 6) is -0.687. The van der Waals surface area contributed by atoms with Crippen molar-refractivity contribution in [3.05, 3.63) is 20.8 Å². The second-order valence-electron chi connectivity index (χ2n) is 3.40. The van der Waals surface area contributed by atoms with Crippen molar-refractivity contribution >= 4 is 28.7 Å². The van der Waals surface area contributed by atoms with Gasteiger partial charge in [0.25, 0.3) is 0 Å². The molecule has 80 valence electrons. The lowest BCUT2D eigenvalue weighted by atomic mass is 9.99. The van der Waals surface area contributed by atoms with Crippen molar-refractivity contribution in [3.63, 3.8) is 0 Å². The minimum atomic E-state index is -0.550. The Balaban J connectivity index is 2.94. The normalized spacial score (nSPS) is 12.1. The van der Waals surface area contributed by atoms with Gasteiger partial charge in [0, 0.05) is 0 Å². The number of halogens is 1. The first-order valence-corrected chi connectivity index (χ1v) is 6.05. The third-order valence-corrected chi connectivity index (χ3v) is 3.88.